The third-order valence-electron chi connectivity index (χ3n) is 3.22. The number of nitrogen functional groups attached to an aromatic ring is 1. The third-order valence-corrected chi connectivity index (χ3v) is 4.04. The highest BCUT2D eigenvalue weighted by molar-refractivity contribution is 7.15. The van der Waals surface area contributed by atoms with Crippen molar-refractivity contribution < 1.29 is 4.74 Å². The van der Waals surface area contributed by atoms with Crippen molar-refractivity contribution in [1.82, 2.24) is 9.38 Å². The number of ether oxygens (including phenoxy) is 1. The molecule has 0 spiro atoms. The monoisotopic (exact) mass is 299 g/mol. The number of hydrogen-bond acceptors (Lipinski definition) is 4. The molecule has 0 atom stereocenters. The van der Waals surface area contributed by atoms with Crippen LogP contribution in [0.1, 0.15) is 12.6 Å². The fourth-order valence-corrected chi connectivity index (χ4v) is 3.06. The standard InChI is InChI=1S/C16H17N3OS/c1-10(2)8-20-13-6-4-12(5-7-13)14-9-21-16-18-11(3)15(17)19(14)16/h4-7,9H,1,8,17H2,2-3H3. The summed E-state index contributed by atoms with van der Waals surface area (Å²) in [5, 5.41) is 2.07. The predicted octanol–water partition coefficient (Wildman–Crippen LogP) is 3.91. The molecule has 0 radical (unpaired) electrons. The molecule has 0 bridgehead atoms. The van der Waals surface area contributed by atoms with E-state index in [-0.39, 0.29) is 0 Å². The predicted molar refractivity (Wildman–Crippen MR) is 88.0 cm³/mol. The van der Waals surface area contributed by atoms with Crippen LogP contribution in [-0.4, -0.2) is 16.0 Å². The molecule has 2 aromatic heterocycles. The lowest BCUT2D eigenvalue weighted by atomic mass is 10.1. The summed E-state index contributed by atoms with van der Waals surface area (Å²) in [6, 6.07) is 7.98. The zero-order chi connectivity index (χ0) is 15.0. The van der Waals surface area contributed by atoms with Gasteiger partial charge in [0.15, 0.2) is 4.96 Å². The molecule has 0 unspecified atom stereocenters. The highest BCUT2D eigenvalue weighted by Gasteiger charge is 2.12. The van der Waals surface area contributed by atoms with Crippen LogP contribution < -0.4 is 10.5 Å². The Morgan fingerprint density at radius 2 is 2.10 bits per heavy atom. The number of rotatable bonds is 4. The normalized spacial score (nSPS) is 11.0. The van der Waals surface area contributed by atoms with Crippen molar-refractivity contribution in [2.45, 2.75) is 13.8 Å². The average molecular weight is 299 g/mol. The van der Waals surface area contributed by atoms with Crippen molar-refractivity contribution in [1.29, 1.82) is 0 Å². The summed E-state index contributed by atoms with van der Waals surface area (Å²) in [5.41, 5.74) is 10.1. The quantitative estimate of drug-likeness (QED) is 0.743. The molecule has 0 aliphatic rings. The van der Waals surface area contributed by atoms with Crippen molar-refractivity contribution in [2.24, 2.45) is 0 Å². The second kappa shape index (κ2) is 5.26. The van der Waals surface area contributed by atoms with Gasteiger partial charge in [-0.2, -0.15) is 0 Å². The van der Waals surface area contributed by atoms with Gasteiger partial charge in [-0.3, -0.25) is 4.40 Å². The average Bonchev–Trinajstić information content (AvgIpc) is 2.99. The van der Waals surface area contributed by atoms with E-state index in [2.05, 4.69) is 16.9 Å². The van der Waals surface area contributed by atoms with Crippen LogP contribution in [0.25, 0.3) is 16.2 Å². The van der Waals surface area contributed by atoms with E-state index in [4.69, 9.17) is 10.5 Å². The maximum atomic E-state index is 6.10. The summed E-state index contributed by atoms with van der Waals surface area (Å²) in [6.45, 7) is 8.23. The Morgan fingerprint density at radius 3 is 2.76 bits per heavy atom. The fraction of sp³-hybridized carbons (Fsp3) is 0.188. The van der Waals surface area contributed by atoms with Crippen LogP contribution in [0, 0.1) is 6.92 Å². The highest BCUT2D eigenvalue weighted by atomic mass is 32.1. The second-order valence-electron chi connectivity index (χ2n) is 5.09. The first kappa shape index (κ1) is 13.7. The summed E-state index contributed by atoms with van der Waals surface area (Å²) in [6.07, 6.45) is 0. The van der Waals surface area contributed by atoms with Crippen molar-refractivity contribution in [3.05, 3.63) is 47.5 Å². The van der Waals surface area contributed by atoms with E-state index in [0.717, 1.165) is 33.2 Å². The fourth-order valence-electron chi connectivity index (χ4n) is 2.11. The maximum absolute atomic E-state index is 6.10. The van der Waals surface area contributed by atoms with Crippen molar-refractivity contribution >= 4 is 22.1 Å². The first-order valence-electron chi connectivity index (χ1n) is 6.66. The van der Waals surface area contributed by atoms with Crippen LogP contribution in [-0.2, 0) is 0 Å². The third kappa shape index (κ3) is 2.52. The molecule has 21 heavy (non-hydrogen) atoms. The largest absolute Gasteiger partial charge is 0.489 e. The van der Waals surface area contributed by atoms with Crippen LogP contribution in [0.2, 0.25) is 0 Å². The number of nitrogens with zero attached hydrogens (tertiary/aromatic N) is 2. The Bertz CT molecular complexity index is 799. The van der Waals surface area contributed by atoms with E-state index in [1.54, 1.807) is 11.3 Å². The van der Waals surface area contributed by atoms with Gasteiger partial charge < -0.3 is 10.5 Å². The second-order valence-corrected chi connectivity index (χ2v) is 5.93. The molecule has 0 saturated heterocycles. The molecule has 0 fully saturated rings. The minimum Gasteiger partial charge on any atom is -0.489 e. The molecule has 2 heterocycles. The van der Waals surface area contributed by atoms with E-state index in [0.29, 0.717) is 12.4 Å². The molecule has 3 rings (SSSR count). The molecule has 108 valence electrons. The lowest BCUT2D eigenvalue weighted by molar-refractivity contribution is 0.353. The molecule has 2 N–H and O–H groups in total. The minimum atomic E-state index is 0.537. The van der Waals surface area contributed by atoms with Crippen molar-refractivity contribution in [3.63, 3.8) is 0 Å². The first-order valence-corrected chi connectivity index (χ1v) is 7.54. The van der Waals surface area contributed by atoms with Gasteiger partial charge in [-0.05, 0) is 49.2 Å². The molecule has 1 aromatic carbocycles. The van der Waals surface area contributed by atoms with Gasteiger partial charge in [0.25, 0.3) is 0 Å². The summed E-state index contributed by atoms with van der Waals surface area (Å²) in [7, 11) is 0. The molecule has 5 heteroatoms. The van der Waals surface area contributed by atoms with Gasteiger partial charge in [-0.25, -0.2) is 4.98 Å². The van der Waals surface area contributed by atoms with Crippen LogP contribution in [0.5, 0.6) is 5.75 Å². The lowest BCUT2D eigenvalue weighted by Crippen LogP contribution is -1.97. The van der Waals surface area contributed by atoms with Gasteiger partial charge in [0.2, 0.25) is 0 Å². The minimum absolute atomic E-state index is 0.537. The van der Waals surface area contributed by atoms with Gasteiger partial charge >= 0.3 is 0 Å². The van der Waals surface area contributed by atoms with Crippen LogP contribution in [0.3, 0.4) is 0 Å². The topological polar surface area (TPSA) is 52.5 Å². The zero-order valence-electron chi connectivity index (χ0n) is 12.1. The molecule has 0 aliphatic carbocycles. The van der Waals surface area contributed by atoms with Gasteiger partial charge in [0.1, 0.15) is 18.2 Å². The van der Waals surface area contributed by atoms with Gasteiger partial charge in [-0.1, -0.05) is 6.58 Å². The number of fused-ring (bicyclic) bond motifs is 1. The van der Waals surface area contributed by atoms with Gasteiger partial charge in [0, 0.05) is 5.38 Å². The number of aryl methyl sites for hydroxylation is 1. The molecular formula is C16H17N3OS. The molecule has 3 aromatic rings. The van der Waals surface area contributed by atoms with Gasteiger partial charge in [0.05, 0.1) is 11.4 Å². The number of hydrogen-bond donors (Lipinski definition) is 1. The molecule has 0 saturated carbocycles. The number of thiazole rings is 1. The number of nitrogens with two attached hydrogens (primary N) is 1. The number of benzene rings is 1. The van der Waals surface area contributed by atoms with Crippen molar-refractivity contribution in [2.75, 3.05) is 12.3 Å². The van der Waals surface area contributed by atoms with E-state index in [1.807, 2.05) is 42.5 Å². The summed E-state index contributed by atoms with van der Waals surface area (Å²) in [4.78, 5) is 5.37. The molecule has 4 nitrogen and oxygen atoms in total. The van der Waals surface area contributed by atoms with Crippen LogP contribution >= 0.6 is 11.3 Å². The molecular weight excluding hydrogens is 282 g/mol. The van der Waals surface area contributed by atoms with E-state index in [9.17, 15) is 0 Å². The summed E-state index contributed by atoms with van der Waals surface area (Å²) in [5.74, 6) is 1.53. The highest BCUT2D eigenvalue weighted by Crippen LogP contribution is 2.30. The van der Waals surface area contributed by atoms with Gasteiger partial charge in [-0.15, -0.1) is 11.3 Å². The molecule has 0 amide bonds. The molecule has 0 aliphatic heterocycles. The Hall–Kier alpha value is -2.27. The smallest absolute Gasteiger partial charge is 0.196 e. The summed E-state index contributed by atoms with van der Waals surface area (Å²) >= 11 is 1.59. The van der Waals surface area contributed by atoms with Crippen LogP contribution in [0.4, 0.5) is 5.82 Å². The Kier molecular flexibility index (Phi) is 3.43. The maximum Gasteiger partial charge on any atom is 0.196 e. The van der Waals surface area contributed by atoms with E-state index >= 15 is 0 Å². The zero-order valence-corrected chi connectivity index (χ0v) is 12.9. The Labute approximate surface area is 127 Å². The Morgan fingerprint density at radius 1 is 1.38 bits per heavy atom. The Balaban J connectivity index is 1.94. The number of anilines is 1. The summed E-state index contributed by atoms with van der Waals surface area (Å²) < 4.78 is 7.60. The number of imidazole rings is 1. The number of aromatic nitrogens is 2. The van der Waals surface area contributed by atoms with E-state index in [1.165, 1.54) is 0 Å². The SMILES string of the molecule is C=C(C)COc1ccc(-c2csc3nc(C)c(N)n23)cc1. The van der Waals surface area contributed by atoms with E-state index < -0.39 is 0 Å². The van der Waals surface area contributed by atoms with Crippen molar-refractivity contribution in [3.8, 4) is 17.0 Å². The first-order chi connectivity index (χ1) is 10.1. The van der Waals surface area contributed by atoms with Crippen LogP contribution in [0.15, 0.2) is 41.8 Å². The lowest BCUT2D eigenvalue weighted by Gasteiger charge is -2.07.